The van der Waals surface area contributed by atoms with Crippen molar-refractivity contribution in [2.45, 2.75) is 0 Å². The fourth-order valence-corrected chi connectivity index (χ4v) is 2.34. The smallest absolute Gasteiger partial charge is 0.0677 e. The second-order valence-corrected chi connectivity index (χ2v) is 4.11. The quantitative estimate of drug-likeness (QED) is 0.518. The molecule has 0 atom stereocenters. The highest BCUT2D eigenvalue weighted by atomic mass is 35.5. The summed E-state index contributed by atoms with van der Waals surface area (Å²) in [6.45, 7) is 0. The molecule has 2 aromatic rings. The van der Waals surface area contributed by atoms with E-state index >= 15 is 0 Å². The second-order valence-electron chi connectivity index (χ2n) is 3.33. The van der Waals surface area contributed by atoms with Gasteiger partial charge in [-0.25, -0.2) is 0 Å². The monoisotopic (exact) mass is 220 g/mol. The molecule has 14 heavy (non-hydrogen) atoms. The maximum atomic E-state index is 6.13. The van der Waals surface area contributed by atoms with Crippen LogP contribution in [0.25, 0.3) is 22.3 Å². The van der Waals surface area contributed by atoms with Crippen LogP contribution in [0.5, 0.6) is 0 Å². The van der Waals surface area contributed by atoms with Gasteiger partial charge in [0.25, 0.3) is 0 Å². The van der Waals surface area contributed by atoms with Crippen LogP contribution in [0.3, 0.4) is 0 Å². The van der Waals surface area contributed by atoms with Crippen LogP contribution in [0.1, 0.15) is 0 Å². The molecule has 0 N–H and O–H groups in total. The van der Waals surface area contributed by atoms with E-state index in [-0.39, 0.29) is 0 Å². The Bertz CT molecular complexity index is 530. The predicted molar refractivity (Wildman–Crippen MR) is 60.9 cm³/mol. The number of hydrogen-bond acceptors (Lipinski definition) is 0. The van der Waals surface area contributed by atoms with Crippen molar-refractivity contribution in [3.63, 3.8) is 0 Å². The van der Waals surface area contributed by atoms with E-state index in [0.717, 1.165) is 5.56 Å². The summed E-state index contributed by atoms with van der Waals surface area (Å²) in [5.74, 6) is 0. The molecule has 0 nitrogen and oxygen atoms in total. The van der Waals surface area contributed by atoms with E-state index in [1.54, 1.807) is 0 Å². The molecule has 1 aliphatic rings. The van der Waals surface area contributed by atoms with Gasteiger partial charge in [-0.3, -0.25) is 0 Å². The topological polar surface area (TPSA) is 0 Å². The highest BCUT2D eigenvalue weighted by Gasteiger charge is 2.25. The first-order valence-electron chi connectivity index (χ1n) is 4.37. The molecule has 3 rings (SSSR count). The Morgan fingerprint density at radius 1 is 0.714 bits per heavy atom. The Morgan fingerprint density at radius 2 is 1.43 bits per heavy atom. The minimum Gasteiger partial charge on any atom is -0.0827 e. The molecule has 0 aromatic heterocycles. The maximum absolute atomic E-state index is 6.13. The second kappa shape index (κ2) is 2.75. The van der Waals surface area contributed by atoms with Crippen LogP contribution in [0.2, 0.25) is 10.0 Å². The van der Waals surface area contributed by atoms with Gasteiger partial charge in [0.05, 0.1) is 10.0 Å². The molecule has 0 heterocycles. The van der Waals surface area contributed by atoms with E-state index in [2.05, 4.69) is 12.1 Å². The highest BCUT2D eigenvalue weighted by Crippen LogP contribution is 2.51. The molecule has 0 bridgehead atoms. The molecule has 0 radical (unpaired) electrons. The summed E-state index contributed by atoms with van der Waals surface area (Å²) in [6.07, 6.45) is 0. The highest BCUT2D eigenvalue weighted by molar-refractivity contribution is 6.45. The zero-order chi connectivity index (χ0) is 9.71. The van der Waals surface area contributed by atoms with E-state index in [4.69, 9.17) is 23.2 Å². The van der Waals surface area contributed by atoms with Gasteiger partial charge in [-0.15, -0.1) is 0 Å². The number of hydrogen-bond donors (Lipinski definition) is 0. The molecule has 2 aromatic carbocycles. The van der Waals surface area contributed by atoms with E-state index in [9.17, 15) is 0 Å². The molecule has 0 aliphatic heterocycles. The number of benzene rings is 2. The minimum absolute atomic E-state index is 0.625. The fourth-order valence-electron chi connectivity index (χ4n) is 1.91. The van der Waals surface area contributed by atoms with Crippen LogP contribution in [-0.4, -0.2) is 0 Å². The number of rotatable bonds is 0. The molecule has 0 unspecified atom stereocenters. The van der Waals surface area contributed by atoms with Gasteiger partial charge in [-0.2, -0.15) is 0 Å². The summed E-state index contributed by atoms with van der Waals surface area (Å²) in [5, 5.41) is 1.29. The molecule has 1 aliphatic carbocycles. The lowest BCUT2D eigenvalue weighted by molar-refractivity contribution is 1.52. The molecule has 2 heteroatoms. The molecule has 68 valence electrons. The summed E-state index contributed by atoms with van der Waals surface area (Å²) >= 11 is 12.1. The van der Waals surface area contributed by atoms with Crippen LogP contribution < -0.4 is 0 Å². The van der Waals surface area contributed by atoms with Crippen molar-refractivity contribution >= 4 is 23.2 Å². The van der Waals surface area contributed by atoms with Crippen LogP contribution in [0.15, 0.2) is 36.4 Å². The van der Waals surface area contributed by atoms with Gasteiger partial charge in [0.1, 0.15) is 0 Å². The van der Waals surface area contributed by atoms with Crippen LogP contribution in [0.4, 0.5) is 0 Å². The number of fused-ring (bicyclic) bond motifs is 4. The number of halogens is 2. The van der Waals surface area contributed by atoms with E-state index in [0.29, 0.717) is 10.0 Å². The summed E-state index contributed by atoms with van der Waals surface area (Å²) < 4.78 is 0. The van der Waals surface area contributed by atoms with Gasteiger partial charge < -0.3 is 0 Å². The van der Waals surface area contributed by atoms with Crippen LogP contribution >= 0.6 is 23.2 Å². The lowest BCUT2D eigenvalue weighted by Crippen LogP contribution is -1.98. The molecule has 0 fully saturated rings. The van der Waals surface area contributed by atoms with Gasteiger partial charge in [0.15, 0.2) is 0 Å². The molecule has 0 saturated carbocycles. The zero-order valence-corrected chi connectivity index (χ0v) is 8.73. The third kappa shape index (κ3) is 0.902. The molecule has 0 amide bonds. The summed E-state index contributed by atoms with van der Waals surface area (Å²) in [5.41, 5.74) is 4.76. The third-order valence-electron chi connectivity index (χ3n) is 2.58. The lowest BCUT2D eigenvalue weighted by atomic mass is 9.81. The first kappa shape index (κ1) is 8.34. The van der Waals surface area contributed by atoms with Crippen molar-refractivity contribution in [2.24, 2.45) is 0 Å². The van der Waals surface area contributed by atoms with Crippen molar-refractivity contribution < 1.29 is 0 Å². The first-order chi connectivity index (χ1) is 6.79. The van der Waals surface area contributed by atoms with Gasteiger partial charge in [0.2, 0.25) is 0 Å². The molecule has 0 saturated heterocycles. The average molecular weight is 221 g/mol. The van der Waals surface area contributed by atoms with Gasteiger partial charge in [-0.1, -0.05) is 53.5 Å². The first-order valence-corrected chi connectivity index (χ1v) is 5.12. The van der Waals surface area contributed by atoms with Crippen molar-refractivity contribution in [3.05, 3.63) is 46.4 Å². The Balaban J connectivity index is 2.34. The lowest BCUT2D eigenvalue weighted by Gasteiger charge is -2.25. The standard InChI is InChI=1S/C12H6Cl2/c13-10-6-5-9-7-3-1-2-4-8(7)11(9)12(10)14/h1-6H. The Hall–Kier alpha value is -0.980. The molecular formula is C12H6Cl2. The van der Waals surface area contributed by atoms with Crippen molar-refractivity contribution in [2.75, 3.05) is 0 Å². The normalized spacial score (nSPS) is 11.6. The minimum atomic E-state index is 0.625. The van der Waals surface area contributed by atoms with Crippen LogP contribution in [-0.2, 0) is 0 Å². The zero-order valence-electron chi connectivity index (χ0n) is 7.22. The Morgan fingerprint density at radius 3 is 2.21 bits per heavy atom. The molecular weight excluding hydrogens is 215 g/mol. The SMILES string of the molecule is Clc1ccc2c(c1Cl)-c1ccccc1-2. The van der Waals surface area contributed by atoms with Crippen molar-refractivity contribution in [1.29, 1.82) is 0 Å². The summed E-state index contributed by atoms with van der Waals surface area (Å²) in [7, 11) is 0. The van der Waals surface area contributed by atoms with Gasteiger partial charge in [-0.05, 0) is 22.8 Å². The van der Waals surface area contributed by atoms with E-state index in [1.807, 2.05) is 24.3 Å². The fraction of sp³-hybridized carbons (Fsp3) is 0. The average Bonchev–Trinajstić information content (AvgIpc) is 2.18. The van der Waals surface area contributed by atoms with Gasteiger partial charge >= 0.3 is 0 Å². The maximum Gasteiger partial charge on any atom is 0.0677 e. The van der Waals surface area contributed by atoms with Gasteiger partial charge in [0, 0.05) is 5.56 Å². The van der Waals surface area contributed by atoms with Crippen LogP contribution in [0, 0.1) is 0 Å². The van der Waals surface area contributed by atoms with E-state index in [1.165, 1.54) is 16.7 Å². The summed E-state index contributed by atoms with van der Waals surface area (Å²) in [6, 6.07) is 12.1. The predicted octanol–water partition coefficient (Wildman–Crippen LogP) is 4.64. The van der Waals surface area contributed by atoms with Crippen molar-refractivity contribution in [3.8, 4) is 22.3 Å². The summed E-state index contributed by atoms with van der Waals surface area (Å²) in [4.78, 5) is 0. The van der Waals surface area contributed by atoms with Crippen molar-refractivity contribution in [1.82, 2.24) is 0 Å². The van der Waals surface area contributed by atoms with E-state index < -0.39 is 0 Å². The largest absolute Gasteiger partial charge is 0.0827 e. The molecule has 0 spiro atoms. The Kier molecular flexibility index (Phi) is 1.64. The Labute approximate surface area is 92.1 Å². The third-order valence-corrected chi connectivity index (χ3v) is 3.39.